The Balaban J connectivity index is 2.88. The Hall–Kier alpha value is -1.95. The van der Waals surface area contributed by atoms with Crippen LogP contribution in [0.4, 0.5) is 9.59 Å². The summed E-state index contributed by atoms with van der Waals surface area (Å²) in [5, 5.41) is 3.08. The molecule has 116 valence electrons. The normalized spacial score (nSPS) is 10.9. The van der Waals surface area contributed by atoms with E-state index in [1.165, 1.54) is 6.07 Å². The van der Waals surface area contributed by atoms with E-state index in [1.807, 2.05) is 0 Å². The first-order valence-electron chi connectivity index (χ1n) is 6.32. The molecule has 0 aromatic heterocycles. The van der Waals surface area contributed by atoms with Crippen molar-refractivity contribution in [2.24, 2.45) is 5.73 Å². The van der Waals surface area contributed by atoms with Crippen LogP contribution in [0.1, 0.15) is 31.9 Å². The van der Waals surface area contributed by atoms with Crippen molar-refractivity contribution >= 4 is 23.8 Å². The highest BCUT2D eigenvalue weighted by Crippen LogP contribution is 2.28. The number of amides is 2. The third-order valence-electron chi connectivity index (χ3n) is 2.51. The first-order valence-corrected chi connectivity index (χ1v) is 6.70. The van der Waals surface area contributed by atoms with Crippen molar-refractivity contribution in [3.8, 4) is 5.75 Å². The van der Waals surface area contributed by atoms with Gasteiger partial charge in [-0.1, -0.05) is 11.6 Å². The van der Waals surface area contributed by atoms with E-state index in [4.69, 9.17) is 26.8 Å². The number of halogens is 1. The predicted octanol–water partition coefficient (Wildman–Crippen LogP) is 3.13. The largest absolute Gasteiger partial charge is 0.444 e. The fraction of sp³-hybridized carbons (Fsp3) is 0.429. The van der Waals surface area contributed by atoms with Crippen LogP contribution < -0.4 is 15.8 Å². The van der Waals surface area contributed by atoms with Crippen molar-refractivity contribution in [1.29, 1.82) is 0 Å². The number of rotatable bonds is 3. The van der Waals surface area contributed by atoms with Crippen LogP contribution in [0.15, 0.2) is 12.1 Å². The molecule has 0 fully saturated rings. The van der Waals surface area contributed by atoms with Gasteiger partial charge in [0, 0.05) is 10.6 Å². The third kappa shape index (κ3) is 5.51. The summed E-state index contributed by atoms with van der Waals surface area (Å²) in [7, 11) is 0. The van der Waals surface area contributed by atoms with Crippen molar-refractivity contribution in [2.45, 2.75) is 39.8 Å². The smallest absolute Gasteiger partial charge is 0.409 e. The molecule has 0 aliphatic carbocycles. The van der Waals surface area contributed by atoms with Crippen LogP contribution in [0.5, 0.6) is 5.75 Å². The average molecular weight is 315 g/mol. The topological polar surface area (TPSA) is 90.6 Å². The van der Waals surface area contributed by atoms with E-state index in [2.05, 4.69) is 5.32 Å². The molecule has 0 spiro atoms. The van der Waals surface area contributed by atoms with Gasteiger partial charge < -0.3 is 20.5 Å². The lowest BCUT2D eigenvalue weighted by Crippen LogP contribution is -2.32. The summed E-state index contributed by atoms with van der Waals surface area (Å²) < 4.78 is 10.0. The lowest BCUT2D eigenvalue weighted by molar-refractivity contribution is 0.0523. The van der Waals surface area contributed by atoms with Gasteiger partial charge in [0.25, 0.3) is 0 Å². The summed E-state index contributed by atoms with van der Waals surface area (Å²) in [5.41, 5.74) is 5.67. The van der Waals surface area contributed by atoms with E-state index in [0.717, 1.165) is 0 Å². The first kappa shape index (κ1) is 17.1. The molecule has 0 atom stereocenters. The molecule has 0 unspecified atom stereocenters. The van der Waals surface area contributed by atoms with Gasteiger partial charge in [-0.2, -0.15) is 0 Å². The molecule has 6 nitrogen and oxygen atoms in total. The Morgan fingerprint density at radius 1 is 1.33 bits per heavy atom. The lowest BCUT2D eigenvalue weighted by atomic mass is 10.1. The Labute approximate surface area is 128 Å². The quantitative estimate of drug-likeness (QED) is 0.896. The molecule has 1 rings (SSSR count). The minimum Gasteiger partial charge on any atom is -0.444 e. The van der Waals surface area contributed by atoms with Crippen LogP contribution >= 0.6 is 11.6 Å². The monoisotopic (exact) mass is 314 g/mol. The molecular weight excluding hydrogens is 296 g/mol. The van der Waals surface area contributed by atoms with Crippen LogP contribution in [0.2, 0.25) is 5.02 Å². The number of benzene rings is 1. The maximum absolute atomic E-state index is 11.7. The standard InChI is InChI=1S/C14H19ClN2O4/c1-8-9(7-17-13(19)21-14(2,3)4)11(20-12(16)18)6-5-10(8)15/h5-6H,7H2,1-4H3,(H2,16,18)(H,17,19). The van der Waals surface area contributed by atoms with E-state index >= 15 is 0 Å². The second-order valence-corrected chi connectivity index (χ2v) is 5.83. The summed E-state index contributed by atoms with van der Waals surface area (Å²) in [5.74, 6) is 0.250. The Morgan fingerprint density at radius 2 is 1.95 bits per heavy atom. The van der Waals surface area contributed by atoms with Gasteiger partial charge in [-0.05, 0) is 45.4 Å². The minimum atomic E-state index is -0.935. The highest BCUT2D eigenvalue weighted by molar-refractivity contribution is 6.31. The fourth-order valence-electron chi connectivity index (χ4n) is 1.60. The van der Waals surface area contributed by atoms with Gasteiger partial charge in [0.05, 0.1) is 6.54 Å². The molecule has 3 N–H and O–H groups in total. The summed E-state index contributed by atoms with van der Waals surface area (Å²) in [6.45, 7) is 7.14. The van der Waals surface area contributed by atoms with Crippen molar-refractivity contribution in [1.82, 2.24) is 5.32 Å². The molecule has 0 radical (unpaired) electrons. The number of primary amides is 1. The summed E-state index contributed by atoms with van der Waals surface area (Å²) in [6.07, 6.45) is -1.51. The maximum Gasteiger partial charge on any atom is 0.409 e. The summed E-state index contributed by atoms with van der Waals surface area (Å²) in [4.78, 5) is 22.6. The molecule has 21 heavy (non-hydrogen) atoms. The zero-order chi connectivity index (χ0) is 16.2. The predicted molar refractivity (Wildman–Crippen MR) is 79.5 cm³/mol. The molecule has 7 heteroatoms. The van der Waals surface area contributed by atoms with Gasteiger partial charge in [0.2, 0.25) is 0 Å². The van der Waals surface area contributed by atoms with E-state index < -0.39 is 17.8 Å². The van der Waals surface area contributed by atoms with Crippen molar-refractivity contribution < 1.29 is 19.1 Å². The number of nitrogens with two attached hydrogens (primary N) is 1. The van der Waals surface area contributed by atoms with Gasteiger partial charge in [0.15, 0.2) is 0 Å². The lowest BCUT2D eigenvalue weighted by Gasteiger charge is -2.20. The maximum atomic E-state index is 11.7. The van der Waals surface area contributed by atoms with Crippen LogP contribution in [-0.4, -0.2) is 17.8 Å². The number of ether oxygens (including phenoxy) is 2. The summed E-state index contributed by atoms with van der Waals surface area (Å²) in [6, 6.07) is 3.11. The molecule has 1 aromatic carbocycles. The number of nitrogens with one attached hydrogen (secondary N) is 1. The van der Waals surface area contributed by atoms with Crippen LogP contribution in [0.25, 0.3) is 0 Å². The minimum absolute atomic E-state index is 0.101. The van der Waals surface area contributed by atoms with Crippen molar-refractivity contribution in [2.75, 3.05) is 0 Å². The second kappa shape index (κ2) is 6.67. The van der Waals surface area contributed by atoms with Gasteiger partial charge in [-0.15, -0.1) is 0 Å². The molecule has 0 heterocycles. The van der Waals surface area contributed by atoms with Crippen LogP contribution in [0, 0.1) is 6.92 Å². The molecule has 0 aliphatic heterocycles. The Morgan fingerprint density at radius 3 is 2.48 bits per heavy atom. The number of hydrogen-bond donors (Lipinski definition) is 2. The van der Waals surface area contributed by atoms with Crippen LogP contribution in [-0.2, 0) is 11.3 Å². The highest BCUT2D eigenvalue weighted by Gasteiger charge is 2.18. The number of alkyl carbamates (subject to hydrolysis) is 1. The van der Waals surface area contributed by atoms with Gasteiger partial charge in [-0.25, -0.2) is 9.59 Å². The molecular formula is C14H19ClN2O4. The SMILES string of the molecule is Cc1c(Cl)ccc(OC(N)=O)c1CNC(=O)OC(C)(C)C. The Kier molecular flexibility index (Phi) is 5.43. The van der Waals surface area contributed by atoms with Gasteiger partial charge >= 0.3 is 12.2 Å². The van der Waals surface area contributed by atoms with Gasteiger partial charge in [-0.3, -0.25) is 0 Å². The first-order chi connectivity index (χ1) is 9.60. The zero-order valence-corrected chi connectivity index (χ0v) is 13.2. The average Bonchev–Trinajstić information content (AvgIpc) is 2.30. The van der Waals surface area contributed by atoms with Crippen molar-refractivity contribution in [3.63, 3.8) is 0 Å². The number of hydrogen-bond acceptors (Lipinski definition) is 4. The molecule has 0 saturated heterocycles. The van der Waals surface area contributed by atoms with Crippen LogP contribution in [0.3, 0.4) is 0 Å². The van der Waals surface area contributed by atoms with E-state index in [9.17, 15) is 9.59 Å². The van der Waals surface area contributed by atoms with E-state index in [-0.39, 0.29) is 12.3 Å². The van der Waals surface area contributed by atoms with Crippen molar-refractivity contribution in [3.05, 3.63) is 28.3 Å². The number of carbonyl (C=O) groups is 2. The van der Waals surface area contributed by atoms with Gasteiger partial charge in [0.1, 0.15) is 11.4 Å². The molecule has 1 aromatic rings. The zero-order valence-electron chi connectivity index (χ0n) is 12.5. The molecule has 0 aliphatic rings. The summed E-state index contributed by atoms with van der Waals surface area (Å²) >= 11 is 6.03. The fourth-order valence-corrected chi connectivity index (χ4v) is 1.78. The second-order valence-electron chi connectivity index (χ2n) is 5.43. The molecule has 0 saturated carbocycles. The van der Waals surface area contributed by atoms with E-state index in [1.54, 1.807) is 33.8 Å². The Bertz CT molecular complexity index is 553. The molecule has 2 amide bonds. The highest BCUT2D eigenvalue weighted by atomic mass is 35.5. The molecule has 0 bridgehead atoms. The number of carbonyl (C=O) groups excluding carboxylic acids is 2. The van der Waals surface area contributed by atoms with E-state index in [0.29, 0.717) is 16.1 Å². The third-order valence-corrected chi connectivity index (χ3v) is 2.92.